The van der Waals surface area contributed by atoms with Crippen LogP contribution in [0.1, 0.15) is 58.5 Å². The number of imidazole rings is 1. The molecular formula is C33H32N4O6S. The van der Waals surface area contributed by atoms with Crippen molar-refractivity contribution in [3.05, 3.63) is 100 Å². The molecule has 3 aromatic carbocycles. The highest BCUT2D eigenvalue weighted by Crippen LogP contribution is 2.33. The number of nitrogens with zero attached hydrogens (tertiary/aromatic N) is 2. The quantitative estimate of drug-likeness (QED) is 0.168. The largest absolute Gasteiger partial charge is 0.481 e. The molecule has 44 heavy (non-hydrogen) atoms. The number of fused-ring (bicyclic) bond motifs is 2. The lowest BCUT2D eigenvalue weighted by atomic mass is 9.98. The van der Waals surface area contributed by atoms with Gasteiger partial charge in [0.2, 0.25) is 5.91 Å². The van der Waals surface area contributed by atoms with Gasteiger partial charge in [-0.05, 0) is 52.9 Å². The molecule has 0 radical (unpaired) electrons. The number of aromatic nitrogens is 2. The monoisotopic (exact) mass is 612 g/mol. The number of aliphatic carboxylic acids is 1. The molecule has 2 unspecified atom stereocenters. The van der Waals surface area contributed by atoms with Crippen LogP contribution in [0.2, 0.25) is 0 Å². The first-order valence-electron chi connectivity index (χ1n) is 14.1. The summed E-state index contributed by atoms with van der Waals surface area (Å²) >= 11 is 1.60. The van der Waals surface area contributed by atoms with Crippen LogP contribution < -0.4 is 10.6 Å². The van der Waals surface area contributed by atoms with Gasteiger partial charge in [-0.2, -0.15) is 0 Å². The van der Waals surface area contributed by atoms with Crippen molar-refractivity contribution in [3.63, 3.8) is 0 Å². The molecule has 0 aliphatic carbocycles. The number of amides is 2. The number of carboxylic acid groups (broad SMARTS) is 1. The van der Waals surface area contributed by atoms with E-state index in [1.54, 1.807) is 23.5 Å². The maximum atomic E-state index is 13.1. The fourth-order valence-electron chi connectivity index (χ4n) is 5.28. The number of hydrogen-bond acceptors (Lipinski definition) is 7. The Morgan fingerprint density at radius 1 is 1.00 bits per heavy atom. The predicted octanol–water partition coefficient (Wildman–Crippen LogP) is 5.03. The van der Waals surface area contributed by atoms with Crippen LogP contribution >= 0.6 is 11.3 Å². The van der Waals surface area contributed by atoms with Gasteiger partial charge in [-0.1, -0.05) is 48.5 Å². The van der Waals surface area contributed by atoms with E-state index in [1.165, 1.54) is 7.11 Å². The van der Waals surface area contributed by atoms with E-state index in [0.717, 1.165) is 26.7 Å². The highest BCUT2D eigenvalue weighted by molar-refractivity contribution is 7.10. The van der Waals surface area contributed by atoms with Crippen molar-refractivity contribution in [2.45, 2.75) is 38.3 Å². The summed E-state index contributed by atoms with van der Waals surface area (Å²) in [4.78, 5) is 54.8. The molecule has 10 nitrogen and oxygen atoms in total. The van der Waals surface area contributed by atoms with Crippen LogP contribution in [0.15, 0.2) is 78.2 Å². The van der Waals surface area contributed by atoms with Crippen LogP contribution in [-0.4, -0.2) is 52.1 Å². The van der Waals surface area contributed by atoms with Crippen LogP contribution in [0.5, 0.6) is 0 Å². The number of hydrogen-bond donors (Lipinski definition) is 3. The number of thiophene rings is 1. The first kappa shape index (κ1) is 30.4. The van der Waals surface area contributed by atoms with Crippen molar-refractivity contribution < 1.29 is 29.0 Å². The lowest BCUT2D eigenvalue weighted by molar-refractivity contribution is -0.139. The van der Waals surface area contributed by atoms with E-state index in [1.807, 2.05) is 66.0 Å². The molecule has 0 saturated carbocycles. The molecule has 5 rings (SSSR count). The molecule has 0 fully saturated rings. The minimum absolute atomic E-state index is 0.167. The lowest BCUT2D eigenvalue weighted by Gasteiger charge is -2.24. The van der Waals surface area contributed by atoms with Crippen LogP contribution in [0.4, 0.5) is 0 Å². The summed E-state index contributed by atoms with van der Waals surface area (Å²) in [6, 6.07) is 22.4. The van der Waals surface area contributed by atoms with E-state index < -0.39 is 29.8 Å². The Morgan fingerprint density at radius 3 is 2.55 bits per heavy atom. The van der Waals surface area contributed by atoms with Gasteiger partial charge in [0.1, 0.15) is 12.4 Å². The average Bonchev–Trinajstić information content (AvgIpc) is 3.70. The fourth-order valence-corrected chi connectivity index (χ4v) is 6.05. The summed E-state index contributed by atoms with van der Waals surface area (Å²) in [6.45, 7) is 1.78. The van der Waals surface area contributed by atoms with E-state index in [2.05, 4.69) is 26.9 Å². The van der Waals surface area contributed by atoms with Gasteiger partial charge in [-0.15, -0.1) is 11.3 Å². The normalized spacial score (nSPS) is 12.5. The van der Waals surface area contributed by atoms with Gasteiger partial charge in [0.05, 0.1) is 36.6 Å². The molecule has 0 aliphatic rings. The third-order valence-electron chi connectivity index (χ3n) is 7.46. The number of rotatable bonds is 12. The van der Waals surface area contributed by atoms with Gasteiger partial charge in [0.25, 0.3) is 5.91 Å². The second-order valence-electron chi connectivity index (χ2n) is 10.3. The number of carbonyl (C=O) groups is 4. The Kier molecular flexibility index (Phi) is 9.35. The molecule has 2 heterocycles. The van der Waals surface area contributed by atoms with Crippen LogP contribution in [0.25, 0.3) is 21.8 Å². The molecule has 5 aromatic rings. The fraction of sp³-hybridized carbons (Fsp3) is 0.242. The van der Waals surface area contributed by atoms with E-state index >= 15 is 0 Å². The zero-order valence-electron chi connectivity index (χ0n) is 24.3. The topological polar surface area (TPSA) is 140 Å². The number of carbonyl (C=O) groups excluding carboxylic acids is 3. The standard InChI is InChI=1S/C33H32N4O6S/c1-20(28-11-6-16-44-28)37-27-13-12-23(33(42)34-19-31(41)43-2)18-25(27)36-32(37)26(35-29(38)14-15-30(39)40)17-22-9-5-8-21-7-3-4-10-24(21)22/h3-13,16,18,20,26H,14-15,17,19H2,1-2H3,(H,34,42)(H,35,38)(H,39,40). The zero-order chi connectivity index (χ0) is 31.2. The summed E-state index contributed by atoms with van der Waals surface area (Å²) in [5.74, 6) is -1.89. The van der Waals surface area contributed by atoms with E-state index in [0.29, 0.717) is 23.3 Å². The number of ether oxygens (including phenoxy) is 1. The van der Waals surface area contributed by atoms with Gasteiger partial charge >= 0.3 is 11.9 Å². The summed E-state index contributed by atoms with van der Waals surface area (Å²) in [5.41, 5.74) is 2.61. The Bertz CT molecular complexity index is 1830. The Morgan fingerprint density at radius 2 is 1.80 bits per heavy atom. The minimum atomic E-state index is -1.05. The van der Waals surface area contributed by atoms with Crippen LogP contribution in [0, 0.1) is 0 Å². The second-order valence-corrected chi connectivity index (χ2v) is 11.3. The number of benzene rings is 3. The number of nitrogens with one attached hydrogen (secondary N) is 2. The molecule has 2 atom stereocenters. The molecule has 3 N–H and O–H groups in total. The summed E-state index contributed by atoms with van der Waals surface area (Å²) < 4.78 is 6.68. The van der Waals surface area contributed by atoms with Crippen molar-refractivity contribution in [1.29, 1.82) is 0 Å². The van der Waals surface area contributed by atoms with Gasteiger partial charge in [-0.25, -0.2) is 4.98 Å². The van der Waals surface area contributed by atoms with Crippen molar-refractivity contribution in [3.8, 4) is 0 Å². The molecule has 0 spiro atoms. The smallest absolute Gasteiger partial charge is 0.325 e. The Hall–Kier alpha value is -5.03. The maximum Gasteiger partial charge on any atom is 0.325 e. The number of carboxylic acids is 1. The Labute approximate surface area is 257 Å². The highest BCUT2D eigenvalue weighted by Gasteiger charge is 2.27. The second kappa shape index (κ2) is 13.5. The molecule has 0 saturated heterocycles. The van der Waals surface area contributed by atoms with Gasteiger partial charge < -0.3 is 25.0 Å². The molecule has 2 aromatic heterocycles. The third kappa shape index (κ3) is 6.78. The van der Waals surface area contributed by atoms with Crippen LogP contribution in [-0.2, 0) is 25.5 Å². The minimum Gasteiger partial charge on any atom is -0.481 e. The maximum absolute atomic E-state index is 13.1. The van der Waals surface area contributed by atoms with Crippen molar-refractivity contribution in [2.24, 2.45) is 0 Å². The number of esters is 1. The number of methoxy groups -OCH3 is 1. The van der Waals surface area contributed by atoms with Crippen molar-refractivity contribution >= 4 is 56.9 Å². The summed E-state index contributed by atoms with van der Waals surface area (Å²) in [7, 11) is 1.25. The first-order valence-corrected chi connectivity index (χ1v) is 15.0. The zero-order valence-corrected chi connectivity index (χ0v) is 25.1. The first-order chi connectivity index (χ1) is 21.2. The summed E-state index contributed by atoms with van der Waals surface area (Å²) in [5, 5.41) is 18.9. The molecule has 0 aliphatic heterocycles. The molecule has 0 bridgehead atoms. The van der Waals surface area contributed by atoms with E-state index in [-0.39, 0.29) is 25.4 Å². The Balaban J connectivity index is 1.61. The van der Waals surface area contributed by atoms with Gasteiger partial charge in [0, 0.05) is 23.3 Å². The third-order valence-corrected chi connectivity index (χ3v) is 8.50. The predicted molar refractivity (Wildman–Crippen MR) is 168 cm³/mol. The lowest BCUT2D eigenvalue weighted by Crippen LogP contribution is -2.32. The van der Waals surface area contributed by atoms with Crippen molar-refractivity contribution in [2.75, 3.05) is 13.7 Å². The SMILES string of the molecule is COC(=O)CNC(=O)c1ccc2c(c1)nc(C(Cc1cccc3ccccc13)NC(=O)CCC(=O)O)n2C(C)c1cccs1. The van der Waals surface area contributed by atoms with Crippen LogP contribution in [0.3, 0.4) is 0 Å². The molecule has 226 valence electrons. The van der Waals surface area contributed by atoms with Gasteiger partial charge in [-0.3, -0.25) is 19.2 Å². The molecule has 11 heteroatoms. The van der Waals surface area contributed by atoms with Gasteiger partial charge in [0.15, 0.2) is 0 Å². The summed E-state index contributed by atoms with van der Waals surface area (Å²) in [6.07, 6.45) is -0.0708. The average molecular weight is 613 g/mol. The van der Waals surface area contributed by atoms with E-state index in [9.17, 15) is 24.3 Å². The highest BCUT2D eigenvalue weighted by atomic mass is 32.1. The molecular weight excluding hydrogens is 580 g/mol. The van der Waals surface area contributed by atoms with Crippen molar-refractivity contribution in [1.82, 2.24) is 20.2 Å². The molecule has 2 amide bonds. The van der Waals surface area contributed by atoms with E-state index in [4.69, 9.17) is 4.98 Å².